The van der Waals surface area contributed by atoms with E-state index in [0.29, 0.717) is 6.42 Å². The first-order valence-corrected chi connectivity index (χ1v) is 28.3. The van der Waals surface area contributed by atoms with E-state index in [1.807, 2.05) is 18.2 Å². The van der Waals surface area contributed by atoms with E-state index < -0.39 is 89.6 Å². The Morgan fingerprint density at radius 1 is 0.642 bits per heavy atom. The maximum atomic E-state index is 13.2. The number of thioether (sulfide) groups is 1. The molecule has 0 aromatic carbocycles. The summed E-state index contributed by atoms with van der Waals surface area (Å²) < 4.78 is 48.1. The lowest BCUT2D eigenvalue weighted by atomic mass is 10.0. The molecular weight excluding hydrogens is 929 g/mol. The van der Waals surface area contributed by atoms with Crippen molar-refractivity contribution < 1.29 is 76.6 Å². The third-order valence-corrected chi connectivity index (χ3v) is 13.1. The van der Waals surface area contributed by atoms with Gasteiger partial charge in [0.2, 0.25) is 0 Å². The Labute approximate surface area is 404 Å². The van der Waals surface area contributed by atoms with Crippen LogP contribution in [0.1, 0.15) is 168 Å². The van der Waals surface area contributed by atoms with Crippen molar-refractivity contribution in [3.8, 4) is 0 Å². The number of aliphatic hydroxyl groups is 2. The summed E-state index contributed by atoms with van der Waals surface area (Å²) in [4.78, 5) is 64.8. The van der Waals surface area contributed by atoms with Gasteiger partial charge in [-0.15, -0.1) is 11.8 Å². The molecule has 0 rings (SSSR count). The fourth-order valence-electron chi connectivity index (χ4n) is 6.36. The molecule has 390 valence electrons. The van der Waals surface area contributed by atoms with Crippen molar-refractivity contribution in [2.24, 2.45) is 5.73 Å². The number of phosphoric ester groups is 2. The number of carbonyl (C=O) groups excluding carboxylic acids is 2. The molecule has 0 aromatic heterocycles. The molecule has 0 saturated heterocycles. The Morgan fingerprint density at radius 2 is 1.19 bits per heavy atom. The molecule has 20 heteroatoms. The highest BCUT2D eigenvalue weighted by Crippen LogP contribution is 2.44. The van der Waals surface area contributed by atoms with Gasteiger partial charge in [0.1, 0.15) is 18.8 Å². The zero-order valence-electron chi connectivity index (χ0n) is 40.2. The Balaban J connectivity index is 5.35. The zero-order chi connectivity index (χ0) is 50.0. The Kier molecular flexibility index (Phi) is 41.3. The maximum Gasteiger partial charge on any atom is 0.472 e. The average Bonchev–Trinajstić information content (AvgIpc) is 3.27. The summed E-state index contributed by atoms with van der Waals surface area (Å²) in [6.45, 7) is 1.17. The van der Waals surface area contributed by atoms with Crippen molar-refractivity contribution in [2.75, 3.05) is 32.2 Å². The summed E-state index contributed by atoms with van der Waals surface area (Å²) in [5.74, 6) is -2.63. The molecule has 0 bridgehead atoms. The number of ether oxygens (including phenoxy) is 2. The number of aliphatic carboxylic acids is 1. The zero-order valence-corrected chi connectivity index (χ0v) is 42.8. The van der Waals surface area contributed by atoms with E-state index in [0.717, 1.165) is 50.3 Å². The van der Waals surface area contributed by atoms with Crippen molar-refractivity contribution in [1.29, 1.82) is 0 Å². The van der Waals surface area contributed by atoms with Gasteiger partial charge in [0.25, 0.3) is 0 Å². The number of esters is 2. The highest BCUT2D eigenvalue weighted by Gasteiger charge is 2.30. The molecule has 1 unspecified atom stereocenters. The Bertz CT molecular complexity index is 1490. The Hall–Kier alpha value is -2.18. The summed E-state index contributed by atoms with van der Waals surface area (Å²) in [6, 6.07) is -1.29. The first-order chi connectivity index (χ1) is 32.0. The normalized spacial score (nSPS) is 15.6. The molecule has 0 spiro atoms. The topological polar surface area (TPSA) is 279 Å². The molecule has 0 saturated carbocycles. The van der Waals surface area contributed by atoms with Crippen LogP contribution in [-0.4, -0.2) is 110 Å². The van der Waals surface area contributed by atoms with Gasteiger partial charge in [0.05, 0.1) is 25.9 Å². The highest BCUT2D eigenvalue weighted by atomic mass is 32.2. The van der Waals surface area contributed by atoms with Crippen LogP contribution in [-0.2, 0) is 46.6 Å². The minimum atomic E-state index is -4.97. The summed E-state index contributed by atoms with van der Waals surface area (Å²) >= 11 is 1.13. The summed E-state index contributed by atoms with van der Waals surface area (Å²) in [5, 5.41) is 29.2. The third-order valence-electron chi connectivity index (χ3n) is 10.2. The molecule has 0 amide bonds. The van der Waals surface area contributed by atoms with Crippen LogP contribution in [0.2, 0.25) is 0 Å². The molecule has 0 aliphatic carbocycles. The van der Waals surface area contributed by atoms with Gasteiger partial charge in [0.15, 0.2) is 6.10 Å². The summed E-state index contributed by atoms with van der Waals surface area (Å²) in [7, 11) is -9.90. The van der Waals surface area contributed by atoms with Crippen molar-refractivity contribution in [3.63, 3.8) is 0 Å². The number of nitrogens with two attached hydrogens (primary N) is 1. The van der Waals surface area contributed by atoms with Gasteiger partial charge in [-0.05, 0) is 38.5 Å². The average molecular weight is 1010 g/mol. The monoisotopic (exact) mass is 1010 g/mol. The van der Waals surface area contributed by atoms with Gasteiger partial charge in [0, 0.05) is 23.8 Å². The molecule has 8 N–H and O–H groups in total. The summed E-state index contributed by atoms with van der Waals surface area (Å²) in [6.07, 6.45) is 34.3. The van der Waals surface area contributed by atoms with Crippen LogP contribution in [0, 0.1) is 0 Å². The number of unbranched alkanes of at least 4 members (excludes halogenated alkanes) is 17. The van der Waals surface area contributed by atoms with Crippen LogP contribution in [0.25, 0.3) is 0 Å². The van der Waals surface area contributed by atoms with Crippen molar-refractivity contribution in [2.45, 2.75) is 198 Å². The van der Waals surface area contributed by atoms with Gasteiger partial charge in [-0.1, -0.05) is 165 Å². The molecule has 0 fully saturated rings. The minimum Gasteiger partial charge on any atom is -0.481 e. The van der Waals surface area contributed by atoms with Crippen LogP contribution >= 0.6 is 27.4 Å². The SMILES string of the molecule is CCCCC/C=C\C\C=C/C=C/C=C/[C@@H](SC[C@H](N)C(=O)O[C@H](COC(=O)CCCCCCCCCCCCCCCCC)COP(=O)(O)OC[C@@H](O)COP(=O)(O)O)[C@@H](O)CCCC(=O)O. The molecule has 0 aliphatic heterocycles. The molecule has 0 aromatic rings. The lowest BCUT2D eigenvalue weighted by molar-refractivity contribution is -0.161. The molecule has 0 radical (unpaired) electrons. The maximum absolute atomic E-state index is 13.2. The molecule has 6 atom stereocenters. The fourth-order valence-corrected chi connectivity index (χ4v) is 8.64. The third kappa shape index (κ3) is 43.6. The van der Waals surface area contributed by atoms with Crippen LogP contribution in [0.4, 0.5) is 0 Å². The number of hydrogen-bond donors (Lipinski definition) is 7. The number of phosphoric acid groups is 2. The number of carboxylic acid groups (broad SMARTS) is 1. The van der Waals surface area contributed by atoms with Crippen molar-refractivity contribution in [3.05, 3.63) is 48.6 Å². The van der Waals surface area contributed by atoms with Gasteiger partial charge in [-0.2, -0.15) is 0 Å². The van der Waals surface area contributed by atoms with Gasteiger partial charge in [-0.25, -0.2) is 9.13 Å². The van der Waals surface area contributed by atoms with E-state index in [-0.39, 0.29) is 31.4 Å². The predicted octanol–water partition coefficient (Wildman–Crippen LogP) is 9.55. The standard InChI is InChI=1S/C47H85NO16P2S/c1-3-5-7-9-11-13-15-17-18-19-21-23-25-27-29-34-46(53)60-37-41(38-63-66(58,59)62-36-40(49)35-61-65(55,56)57)64-47(54)42(48)39-67-44(43(50)31-30-33-45(51)52)32-28-26-24-22-20-16-14-12-10-8-6-4-2/h12,14,20,22,24,26,28,32,40-44,49-50H,3-11,13,15-19,21,23,25,27,29-31,33-39,48H2,1-2H3,(H,51,52)(H,58,59)(H2,55,56,57)/b14-12-,22-20-,26-24+,32-28+/t40-,41+,42-,43-,44+/m0/s1. The lowest BCUT2D eigenvalue weighted by Crippen LogP contribution is -2.40. The lowest BCUT2D eigenvalue weighted by Gasteiger charge is -2.23. The van der Waals surface area contributed by atoms with Crippen LogP contribution in [0.5, 0.6) is 0 Å². The number of rotatable bonds is 46. The van der Waals surface area contributed by atoms with Crippen molar-refractivity contribution >= 4 is 45.3 Å². The smallest absolute Gasteiger partial charge is 0.472 e. The molecule has 0 aliphatic rings. The first-order valence-electron chi connectivity index (χ1n) is 24.3. The van der Waals surface area contributed by atoms with E-state index in [1.165, 1.54) is 83.5 Å². The second-order valence-corrected chi connectivity index (χ2v) is 20.5. The quantitative estimate of drug-likeness (QED) is 0.00982. The van der Waals surface area contributed by atoms with Crippen LogP contribution < -0.4 is 5.73 Å². The van der Waals surface area contributed by atoms with Gasteiger partial charge < -0.3 is 45.2 Å². The van der Waals surface area contributed by atoms with Crippen LogP contribution in [0.15, 0.2) is 48.6 Å². The predicted molar refractivity (Wildman–Crippen MR) is 263 cm³/mol. The minimum absolute atomic E-state index is 0.0687. The second-order valence-electron chi connectivity index (χ2n) is 16.6. The first kappa shape index (κ1) is 64.8. The number of aliphatic hydroxyl groups excluding tert-OH is 2. The van der Waals surface area contributed by atoms with E-state index in [2.05, 4.69) is 30.5 Å². The molecule has 0 heterocycles. The number of hydrogen-bond acceptors (Lipinski definition) is 14. The van der Waals surface area contributed by atoms with E-state index >= 15 is 0 Å². The van der Waals surface area contributed by atoms with E-state index in [4.69, 9.17) is 39.1 Å². The van der Waals surface area contributed by atoms with Gasteiger partial charge in [-0.3, -0.25) is 28.0 Å². The van der Waals surface area contributed by atoms with Crippen LogP contribution in [0.3, 0.4) is 0 Å². The number of allylic oxidation sites excluding steroid dienone is 7. The van der Waals surface area contributed by atoms with Gasteiger partial charge >= 0.3 is 33.6 Å². The van der Waals surface area contributed by atoms with E-state index in [9.17, 15) is 38.6 Å². The number of carboxylic acids is 1. The summed E-state index contributed by atoms with van der Waals surface area (Å²) in [5.41, 5.74) is 6.19. The fraction of sp³-hybridized carbons (Fsp3) is 0.766. The highest BCUT2D eigenvalue weighted by molar-refractivity contribution is 8.00. The van der Waals surface area contributed by atoms with Crippen molar-refractivity contribution in [1.82, 2.24) is 0 Å². The molecule has 67 heavy (non-hydrogen) atoms. The second kappa shape index (κ2) is 42.7. The Morgan fingerprint density at radius 3 is 1.79 bits per heavy atom. The molecular formula is C47H85NO16P2S. The number of carbonyl (C=O) groups is 3. The molecule has 17 nitrogen and oxygen atoms in total. The largest absolute Gasteiger partial charge is 0.481 e. The van der Waals surface area contributed by atoms with E-state index in [1.54, 1.807) is 18.2 Å².